The van der Waals surface area contributed by atoms with Crippen molar-refractivity contribution in [1.82, 2.24) is 24.9 Å². The van der Waals surface area contributed by atoms with Crippen LogP contribution < -0.4 is 5.32 Å². The Morgan fingerprint density at radius 3 is 2.44 bits per heavy atom. The Labute approximate surface area is 190 Å². The van der Waals surface area contributed by atoms with Crippen molar-refractivity contribution in [3.05, 3.63) is 47.3 Å². The molecule has 8 nitrogen and oxygen atoms in total. The van der Waals surface area contributed by atoms with Crippen LogP contribution in [-0.2, 0) is 9.53 Å². The lowest BCUT2D eigenvalue weighted by Gasteiger charge is -2.34. The van der Waals surface area contributed by atoms with E-state index in [1.165, 1.54) is 5.56 Å². The van der Waals surface area contributed by atoms with Gasteiger partial charge in [-0.2, -0.15) is 5.10 Å². The van der Waals surface area contributed by atoms with Gasteiger partial charge in [0.2, 0.25) is 5.91 Å². The monoisotopic (exact) mass is 441 g/mol. The van der Waals surface area contributed by atoms with Crippen LogP contribution in [0.5, 0.6) is 0 Å². The van der Waals surface area contributed by atoms with Crippen LogP contribution in [0.1, 0.15) is 47.8 Å². The fourth-order valence-electron chi connectivity index (χ4n) is 3.95. The van der Waals surface area contributed by atoms with Gasteiger partial charge in [0.15, 0.2) is 0 Å². The van der Waals surface area contributed by atoms with Gasteiger partial charge in [-0.05, 0) is 31.4 Å². The normalized spacial score (nSPS) is 14.7. The predicted octanol–water partition coefficient (Wildman–Crippen LogP) is 2.21. The lowest BCUT2D eigenvalue weighted by atomic mass is 10.0. The molecule has 32 heavy (non-hydrogen) atoms. The summed E-state index contributed by atoms with van der Waals surface area (Å²) < 4.78 is 6.87. The van der Waals surface area contributed by atoms with Crippen LogP contribution in [0.4, 0.5) is 0 Å². The molecule has 0 unspecified atom stereocenters. The maximum Gasteiger partial charge on any atom is 0.257 e. The lowest BCUT2D eigenvalue weighted by Crippen LogP contribution is -2.51. The second-order valence-electron chi connectivity index (χ2n) is 8.61. The number of nitrogens with one attached hydrogen (secondary N) is 1. The molecule has 0 radical (unpaired) electrons. The first kappa shape index (κ1) is 23.9. The van der Waals surface area contributed by atoms with Gasteiger partial charge in [0.05, 0.1) is 29.7 Å². The predicted molar refractivity (Wildman–Crippen MR) is 124 cm³/mol. The minimum Gasteiger partial charge on any atom is -0.385 e. The number of methoxy groups -OCH3 is 1. The number of aryl methyl sites for hydroxylation is 1. The summed E-state index contributed by atoms with van der Waals surface area (Å²) in [5, 5.41) is 7.46. The fourth-order valence-corrected chi connectivity index (χ4v) is 3.95. The quantitative estimate of drug-likeness (QED) is 0.604. The van der Waals surface area contributed by atoms with Crippen LogP contribution >= 0.6 is 0 Å². The van der Waals surface area contributed by atoms with Gasteiger partial charge in [0.1, 0.15) is 0 Å². The Bertz CT molecular complexity index is 899. The van der Waals surface area contributed by atoms with Gasteiger partial charge >= 0.3 is 0 Å². The first-order chi connectivity index (χ1) is 15.4. The molecule has 174 valence electrons. The molecule has 8 heteroatoms. The number of piperazine rings is 1. The van der Waals surface area contributed by atoms with Crippen molar-refractivity contribution in [2.24, 2.45) is 0 Å². The summed E-state index contributed by atoms with van der Waals surface area (Å²) >= 11 is 0. The largest absolute Gasteiger partial charge is 0.385 e. The van der Waals surface area contributed by atoms with Gasteiger partial charge in [-0.3, -0.25) is 14.5 Å². The summed E-state index contributed by atoms with van der Waals surface area (Å²) in [6.45, 7) is 10.4. The van der Waals surface area contributed by atoms with Crippen molar-refractivity contribution in [1.29, 1.82) is 0 Å². The molecule has 1 aliphatic rings. The van der Waals surface area contributed by atoms with Gasteiger partial charge in [-0.1, -0.05) is 31.5 Å². The van der Waals surface area contributed by atoms with Crippen molar-refractivity contribution in [2.45, 2.75) is 33.1 Å². The maximum atomic E-state index is 13.3. The van der Waals surface area contributed by atoms with E-state index in [2.05, 4.69) is 48.2 Å². The summed E-state index contributed by atoms with van der Waals surface area (Å²) in [6, 6.07) is 8.16. The number of hydrogen-bond donors (Lipinski definition) is 1. The number of rotatable bonds is 9. The van der Waals surface area contributed by atoms with Crippen molar-refractivity contribution in [3.8, 4) is 5.69 Å². The standard InChI is InChI=1S/C24H35N5O3/c1-18(2)23-21(16-26-29(23)20-8-6-19(3)7-9-20)24(31)28-13-11-27(12-14-28)17-22(30)25-10-5-15-32-4/h6-9,16,18H,5,10-15,17H2,1-4H3,(H,25,30). The van der Waals surface area contributed by atoms with Crippen molar-refractivity contribution < 1.29 is 14.3 Å². The van der Waals surface area contributed by atoms with Crippen LogP contribution in [0.3, 0.4) is 0 Å². The number of hydrogen-bond acceptors (Lipinski definition) is 5. The number of amides is 2. The summed E-state index contributed by atoms with van der Waals surface area (Å²) in [5.74, 6) is 0.180. The second-order valence-corrected chi connectivity index (χ2v) is 8.61. The highest BCUT2D eigenvalue weighted by Crippen LogP contribution is 2.25. The minimum absolute atomic E-state index is 0.00993. The van der Waals surface area contributed by atoms with Gasteiger partial charge < -0.3 is 15.0 Å². The van der Waals surface area contributed by atoms with Gasteiger partial charge in [-0.25, -0.2) is 4.68 Å². The molecule has 3 rings (SSSR count). The molecule has 2 aromatic rings. The highest BCUT2D eigenvalue weighted by atomic mass is 16.5. The zero-order valence-electron chi connectivity index (χ0n) is 19.6. The van der Waals surface area contributed by atoms with E-state index in [0.717, 1.165) is 17.8 Å². The second kappa shape index (κ2) is 11.2. The summed E-state index contributed by atoms with van der Waals surface area (Å²) in [6.07, 6.45) is 2.50. The average Bonchev–Trinajstić information content (AvgIpc) is 3.23. The summed E-state index contributed by atoms with van der Waals surface area (Å²) in [4.78, 5) is 29.4. The molecule has 0 saturated carbocycles. The molecule has 1 N–H and O–H groups in total. The van der Waals surface area contributed by atoms with E-state index in [-0.39, 0.29) is 17.7 Å². The first-order valence-corrected chi connectivity index (χ1v) is 11.3. The van der Waals surface area contributed by atoms with Crippen LogP contribution in [0.2, 0.25) is 0 Å². The molecule has 0 bridgehead atoms. The van der Waals surface area contributed by atoms with E-state index in [9.17, 15) is 9.59 Å². The smallest absolute Gasteiger partial charge is 0.257 e. The molecule has 1 saturated heterocycles. The number of carbonyl (C=O) groups is 2. The van der Waals surface area contributed by atoms with Gasteiger partial charge in [0.25, 0.3) is 5.91 Å². The molecule has 1 fully saturated rings. The molecule has 2 amide bonds. The van der Waals surface area contributed by atoms with Gasteiger partial charge in [0, 0.05) is 46.4 Å². The average molecular weight is 442 g/mol. The minimum atomic E-state index is 0.00993. The number of ether oxygens (including phenoxy) is 1. The molecule has 0 atom stereocenters. The molecule has 2 heterocycles. The summed E-state index contributed by atoms with van der Waals surface area (Å²) in [5.41, 5.74) is 3.73. The first-order valence-electron chi connectivity index (χ1n) is 11.3. The zero-order chi connectivity index (χ0) is 23.1. The van der Waals surface area contributed by atoms with E-state index < -0.39 is 0 Å². The number of benzene rings is 1. The van der Waals surface area contributed by atoms with Crippen molar-refractivity contribution in [2.75, 3.05) is 53.0 Å². The van der Waals surface area contributed by atoms with E-state index in [1.807, 2.05) is 21.7 Å². The third-order valence-corrected chi connectivity index (χ3v) is 5.74. The molecule has 1 aromatic heterocycles. The molecule has 1 aliphatic heterocycles. The van der Waals surface area contributed by atoms with E-state index in [4.69, 9.17) is 4.74 Å². The maximum absolute atomic E-state index is 13.3. The molecular formula is C24H35N5O3. The Kier molecular flexibility index (Phi) is 8.41. The highest BCUT2D eigenvalue weighted by Gasteiger charge is 2.28. The molecular weight excluding hydrogens is 406 g/mol. The topological polar surface area (TPSA) is 79.7 Å². The van der Waals surface area contributed by atoms with Crippen molar-refractivity contribution >= 4 is 11.8 Å². The number of carbonyl (C=O) groups excluding carboxylic acids is 2. The van der Waals surface area contributed by atoms with Crippen LogP contribution in [0, 0.1) is 6.92 Å². The lowest BCUT2D eigenvalue weighted by molar-refractivity contribution is -0.122. The Morgan fingerprint density at radius 1 is 1.12 bits per heavy atom. The molecule has 0 spiro atoms. The van der Waals surface area contributed by atoms with Crippen molar-refractivity contribution in [3.63, 3.8) is 0 Å². The van der Waals surface area contributed by atoms with E-state index in [0.29, 0.717) is 51.4 Å². The van der Waals surface area contributed by atoms with Crippen LogP contribution in [-0.4, -0.2) is 84.4 Å². The Morgan fingerprint density at radius 2 is 1.81 bits per heavy atom. The Hall–Kier alpha value is -2.71. The van der Waals surface area contributed by atoms with E-state index >= 15 is 0 Å². The van der Waals surface area contributed by atoms with Gasteiger partial charge in [-0.15, -0.1) is 0 Å². The van der Waals surface area contributed by atoms with Crippen LogP contribution in [0.25, 0.3) is 5.69 Å². The SMILES string of the molecule is COCCCNC(=O)CN1CCN(C(=O)c2cnn(-c3ccc(C)cc3)c2C(C)C)CC1. The van der Waals surface area contributed by atoms with Crippen LogP contribution in [0.15, 0.2) is 30.5 Å². The Balaban J connectivity index is 1.60. The summed E-state index contributed by atoms with van der Waals surface area (Å²) in [7, 11) is 1.65. The highest BCUT2D eigenvalue weighted by molar-refractivity contribution is 5.95. The fraction of sp³-hybridized carbons (Fsp3) is 0.542. The third-order valence-electron chi connectivity index (χ3n) is 5.74. The number of aromatic nitrogens is 2. The third kappa shape index (κ3) is 5.95. The zero-order valence-corrected chi connectivity index (χ0v) is 19.6. The number of nitrogens with zero attached hydrogens (tertiary/aromatic N) is 4. The van der Waals surface area contributed by atoms with E-state index in [1.54, 1.807) is 13.3 Å². The molecule has 1 aromatic carbocycles. The molecule has 0 aliphatic carbocycles.